The third-order valence-corrected chi connectivity index (χ3v) is 3.96. The quantitative estimate of drug-likeness (QED) is 0.593. The third kappa shape index (κ3) is 5.45. The van der Waals surface area contributed by atoms with Crippen molar-refractivity contribution in [1.29, 1.82) is 0 Å². The molecule has 0 fully saturated rings. The molecular weight excluding hydrogens is 352 g/mol. The van der Waals surface area contributed by atoms with E-state index in [9.17, 15) is 9.59 Å². The molecule has 2 amide bonds. The van der Waals surface area contributed by atoms with Crippen LogP contribution in [0.3, 0.4) is 0 Å². The van der Waals surface area contributed by atoms with Crippen molar-refractivity contribution >= 4 is 23.2 Å². The number of ether oxygens (including phenoxy) is 1. The average Bonchev–Trinajstić information content (AvgIpc) is 2.63. The number of carbonyl (C=O) groups excluding carboxylic acids is 2. The minimum absolute atomic E-state index is 0.285. The van der Waals surface area contributed by atoms with Crippen LogP contribution in [0.25, 0.3) is 0 Å². The van der Waals surface area contributed by atoms with Gasteiger partial charge in [-0.2, -0.15) is 0 Å². The Bertz CT molecular complexity index is 964. The Kier molecular flexibility index (Phi) is 6.07. The highest BCUT2D eigenvalue weighted by molar-refractivity contribution is 6.08. The standard InChI is InChI=1S/C23H22N2O3/c1-16-12-17(2)14-18(13-16)24-22(26)15-23(27)25-20-10-6-7-11-21(20)28-19-8-4-3-5-9-19/h3-14H,15H2,1-2H3,(H,24,26)(H,25,27). The fraction of sp³-hybridized carbons (Fsp3) is 0.130. The number of para-hydroxylation sites is 3. The van der Waals surface area contributed by atoms with Gasteiger partial charge < -0.3 is 15.4 Å². The van der Waals surface area contributed by atoms with Crippen LogP contribution in [0, 0.1) is 13.8 Å². The molecule has 0 saturated carbocycles. The first kappa shape index (κ1) is 19.2. The lowest BCUT2D eigenvalue weighted by Gasteiger charge is -2.12. The largest absolute Gasteiger partial charge is 0.455 e. The van der Waals surface area contributed by atoms with Gasteiger partial charge in [0.1, 0.15) is 12.2 Å². The maximum Gasteiger partial charge on any atom is 0.233 e. The molecule has 5 nitrogen and oxygen atoms in total. The molecule has 0 spiro atoms. The van der Waals surface area contributed by atoms with E-state index < -0.39 is 5.91 Å². The Hall–Kier alpha value is -3.60. The number of hydrogen-bond acceptors (Lipinski definition) is 3. The maximum atomic E-state index is 12.3. The number of amides is 2. The SMILES string of the molecule is Cc1cc(C)cc(NC(=O)CC(=O)Nc2ccccc2Oc2ccccc2)c1. The minimum atomic E-state index is -0.411. The normalized spacial score (nSPS) is 10.2. The summed E-state index contributed by atoms with van der Waals surface area (Å²) in [5, 5.41) is 5.51. The van der Waals surface area contributed by atoms with Gasteiger partial charge in [0.15, 0.2) is 5.75 Å². The van der Waals surface area contributed by atoms with Gasteiger partial charge in [-0.05, 0) is 61.4 Å². The summed E-state index contributed by atoms with van der Waals surface area (Å²) in [5.74, 6) is 0.392. The molecule has 0 aliphatic heterocycles. The second-order valence-corrected chi connectivity index (χ2v) is 6.56. The van der Waals surface area contributed by atoms with E-state index in [0.29, 0.717) is 22.9 Å². The Labute approximate surface area is 164 Å². The topological polar surface area (TPSA) is 67.4 Å². The molecule has 2 N–H and O–H groups in total. The highest BCUT2D eigenvalue weighted by Crippen LogP contribution is 2.29. The second-order valence-electron chi connectivity index (χ2n) is 6.56. The number of anilines is 2. The first-order valence-corrected chi connectivity index (χ1v) is 8.99. The first-order valence-electron chi connectivity index (χ1n) is 8.99. The molecule has 0 unspecified atom stereocenters. The van der Waals surface area contributed by atoms with E-state index in [2.05, 4.69) is 10.6 Å². The second kappa shape index (κ2) is 8.86. The Morgan fingerprint density at radius 3 is 2.11 bits per heavy atom. The Morgan fingerprint density at radius 1 is 0.786 bits per heavy atom. The molecular formula is C23H22N2O3. The molecule has 3 aromatic carbocycles. The van der Waals surface area contributed by atoms with Gasteiger partial charge in [-0.3, -0.25) is 9.59 Å². The van der Waals surface area contributed by atoms with Gasteiger partial charge in [-0.15, -0.1) is 0 Å². The number of carbonyl (C=O) groups is 2. The number of rotatable bonds is 6. The summed E-state index contributed by atoms with van der Waals surface area (Å²) in [6.45, 7) is 3.91. The number of hydrogen-bond donors (Lipinski definition) is 2. The molecule has 5 heteroatoms. The third-order valence-electron chi connectivity index (χ3n) is 3.96. The maximum absolute atomic E-state index is 12.3. The van der Waals surface area contributed by atoms with E-state index in [-0.39, 0.29) is 12.3 Å². The van der Waals surface area contributed by atoms with Crippen LogP contribution < -0.4 is 15.4 Å². The molecule has 0 heterocycles. The Balaban J connectivity index is 1.62. The van der Waals surface area contributed by atoms with Crippen LogP contribution in [0.2, 0.25) is 0 Å². The molecule has 3 rings (SSSR count). The lowest BCUT2D eigenvalue weighted by molar-refractivity contribution is -0.123. The summed E-state index contributed by atoms with van der Waals surface area (Å²) in [4.78, 5) is 24.5. The van der Waals surface area contributed by atoms with E-state index in [0.717, 1.165) is 11.1 Å². The number of nitrogens with one attached hydrogen (secondary N) is 2. The van der Waals surface area contributed by atoms with E-state index in [1.807, 2.05) is 68.4 Å². The van der Waals surface area contributed by atoms with Crippen LogP contribution >= 0.6 is 0 Å². The molecule has 0 saturated heterocycles. The zero-order valence-corrected chi connectivity index (χ0v) is 15.9. The van der Waals surface area contributed by atoms with Crippen molar-refractivity contribution in [3.8, 4) is 11.5 Å². The van der Waals surface area contributed by atoms with Crippen LogP contribution in [0.15, 0.2) is 72.8 Å². The van der Waals surface area contributed by atoms with Gasteiger partial charge in [0.2, 0.25) is 11.8 Å². The molecule has 142 valence electrons. The summed E-state index contributed by atoms with van der Waals surface area (Å²) in [6, 6.07) is 22.2. The zero-order valence-electron chi connectivity index (χ0n) is 15.9. The van der Waals surface area contributed by atoms with Crippen LogP contribution in [0.4, 0.5) is 11.4 Å². The van der Waals surface area contributed by atoms with Crippen LogP contribution in [-0.4, -0.2) is 11.8 Å². The highest BCUT2D eigenvalue weighted by atomic mass is 16.5. The fourth-order valence-electron chi connectivity index (χ4n) is 2.87. The minimum Gasteiger partial charge on any atom is -0.455 e. The van der Waals surface area contributed by atoms with Crippen molar-refractivity contribution in [2.75, 3.05) is 10.6 Å². The van der Waals surface area contributed by atoms with Crippen LogP contribution in [0.5, 0.6) is 11.5 Å². The van der Waals surface area contributed by atoms with Crippen molar-refractivity contribution in [3.63, 3.8) is 0 Å². The highest BCUT2D eigenvalue weighted by Gasteiger charge is 2.13. The lowest BCUT2D eigenvalue weighted by atomic mass is 10.1. The monoisotopic (exact) mass is 374 g/mol. The van der Waals surface area contributed by atoms with Crippen molar-refractivity contribution < 1.29 is 14.3 Å². The summed E-state index contributed by atoms with van der Waals surface area (Å²) in [5.41, 5.74) is 3.29. The van der Waals surface area contributed by atoms with Gasteiger partial charge in [0, 0.05) is 5.69 Å². The van der Waals surface area contributed by atoms with Crippen molar-refractivity contribution in [2.45, 2.75) is 20.3 Å². The van der Waals surface area contributed by atoms with Gasteiger partial charge >= 0.3 is 0 Å². The van der Waals surface area contributed by atoms with E-state index in [4.69, 9.17) is 4.74 Å². The lowest BCUT2D eigenvalue weighted by Crippen LogP contribution is -2.21. The van der Waals surface area contributed by atoms with Crippen molar-refractivity contribution in [2.24, 2.45) is 0 Å². The summed E-state index contributed by atoms with van der Waals surface area (Å²) in [7, 11) is 0. The van der Waals surface area contributed by atoms with Crippen molar-refractivity contribution in [1.82, 2.24) is 0 Å². The Morgan fingerprint density at radius 2 is 1.39 bits per heavy atom. The van der Waals surface area contributed by atoms with Gasteiger partial charge in [-0.1, -0.05) is 36.4 Å². The van der Waals surface area contributed by atoms with E-state index >= 15 is 0 Å². The first-order chi connectivity index (χ1) is 13.5. The summed E-state index contributed by atoms with van der Waals surface area (Å²) in [6.07, 6.45) is -0.285. The number of aryl methyl sites for hydroxylation is 2. The predicted octanol–water partition coefficient (Wildman–Crippen LogP) is 5.06. The van der Waals surface area contributed by atoms with Crippen LogP contribution in [0.1, 0.15) is 17.5 Å². The molecule has 0 bridgehead atoms. The van der Waals surface area contributed by atoms with Crippen LogP contribution in [-0.2, 0) is 9.59 Å². The van der Waals surface area contributed by atoms with Gasteiger partial charge in [-0.25, -0.2) is 0 Å². The predicted molar refractivity (Wildman–Crippen MR) is 111 cm³/mol. The summed E-state index contributed by atoms with van der Waals surface area (Å²) >= 11 is 0. The molecule has 0 aliphatic carbocycles. The molecule has 0 radical (unpaired) electrons. The van der Waals surface area contributed by atoms with Crippen molar-refractivity contribution in [3.05, 3.63) is 83.9 Å². The fourth-order valence-corrected chi connectivity index (χ4v) is 2.87. The molecule has 0 aliphatic rings. The smallest absolute Gasteiger partial charge is 0.233 e. The van der Waals surface area contributed by atoms with Gasteiger partial charge in [0.25, 0.3) is 0 Å². The van der Waals surface area contributed by atoms with Gasteiger partial charge in [0.05, 0.1) is 5.69 Å². The molecule has 0 aromatic heterocycles. The molecule has 0 atom stereocenters. The average molecular weight is 374 g/mol. The van der Waals surface area contributed by atoms with E-state index in [1.165, 1.54) is 0 Å². The molecule has 3 aromatic rings. The van der Waals surface area contributed by atoms with E-state index in [1.54, 1.807) is 18.2 Å². The number of benzene rings is 3. The molecule has 28 heavy (non-hydrogen) atoms. The zero-order chi connectivity index (χ0) is 19.9. The summed E-state index contributed by atoms with van der Waals surface area (Å²) < 4.78 is 5.82.